The van der Waals surface area contributed by atoms with Gasteiger partial charge in [-0.2, -0.15) is 0 Å². The molecule has 1 aromatic carbocycles. The zero-order chi connectivity index (χ0) is 11.5. The second kappa shape index (κ2) is 5.25. The van der Waals surface area contributed by atoms with Crippen LogP contribution in [0.5, 0.6) is 5.75 Å². The first-order valence-corrected chi connectivity index (χ1v) is 8.76. The van der Waals surface area contributed by atoms with Gasteiger partial charge in [0.05, 0.1) is 0 Å². The minimum atomic E-state index is -1.53. The SMILES string of the molecule is [Li][c]1cccc(O[Si](C)(C)CC(C)C)c1. The Morgan fingerprint density at radius 3 is 2.53 bits per heavy atom. The van der Waals surface area contributed by atoms with Gasteiger partial charge in [-0.1, -0.05) is 0 Å². The van der Waals surface area contributed by atoms with Crippen LogP contribution >= 0.6 is 0 Å². The van der Waals surface area contributed by atoms with Crippen molar-refractivity contribution in [2.75, 3.05) is 0 Å². The molecular formula is C12H19LiOSi. The fourth-order valence-electron chi connectivity index (χ4n) is 2.02. The topological polar surface area (TPSA) is 9.23 Å². The second-order valence-electron chi connectivity index (χ2n) is 5.28. The Hall–Kier alpha value is -0.166. The van der Waals surface area contributed by atoms with Crippen LogP contribution < -0.4 is 8.66 Å². The van der Waals surface area contributed by atoms with E-state index in [4.69, 9.17) is 4.43 Å². The molecule has 0 aliphatic heterocycles. The van der Waals surface area contributed by atoms with Crippen molar-refractivity contribution in [1.82, 2.24) is 0 Å². The fraction of sp³-hybridized carbons (Fsp3) is 0.500. The van der Waals surface area contributed by atoms with Gasteiger partial charge in [0, 0.05) is 0 Å². The summed E-state index contributed by atoms with van der Waals surface area (Å²) in [5.41, 5.74) is 0. The van der Waals surface area contributed by atoms with E-state index < -0.39 is 8.32 Å². The van der Waals surface area contributed by atoms with E-state index in [-0.39, 0.29) is 0 Å². The van der Waals surface area contributed by atoms with Gasteiger partial charge in [0.15, 0.2) is 0 Å². The molecule has 1 nitrogen and oxygen atoms in total. The normalized spacial score (nSPS) is 11.9. The van der Waals surface area contributed by atoms with Gasteiger partial charge in [-0.25, -0.2) is 0 Å². The first-order valence-electron chi connectivity index (χ1n) is 5.65. The number of benzene rings is 1. The van der Waals surface area contributed by atoms with Crippen molar-refractivity contribution in [2.24, 2.45) is 5.92 Å². The molecule has 0 amide bonds. The summed E-state index contributed by atoms with van der Waals surface area (Å²) < 4.78 is 7.40. The molecule has 0 radical (unpaired) electrons. The molecule has 15 heavy (non-hydrogen) atoms. The van der Waals surface area contributed by atoms with Crippen molar-refractivity contribution in [3.8, 4) is 5.75 Å². The van der Waals surface area contributed by atoms with E-state index in [1.165, 1.54) is 10.3 Å². The first-order chi connectivity index (χ1) is 6.89. The van der Waals surface area contributed by atoms with Crippen LogP contribution in [0, 0.1) is 5.92 Å². The van der Waals surface area contributed by atoms with Crippen LogP contribution in [0.4, 0.5) is 0 Å². The van der Waals surface area contributed by atoms with Crippen LogP contribution in [0.2, 0.25) is 19.1 Å². The van der Waals surface area contributed by atoms with Crippen LogP contribution in [-0.4, -0.2) is 26.0 Å². The maximum atomic E-state index is 6.13. The van der Waals surface area contributed by atoms with Crippen molar-refractivity contribution in [3.63, 3.8) is 0 Å². The molecule has 0 fully saturated rings. The third kappa shape index (κ3) is 4.93. The van der Waals surface area contributed by atoms with Crippen molar-refractivity contribution in [2.45, 2.75) is 33.0 Å². The molecule has 0 saturated heterocycles. The van der Waals surface area contributed by atoms with E-state index in [9.17, 15) is 0 Å². The van der Waals surface area contributed by atoms with E-state index in [1.807, 2.05) is 0 Å². The third-order valence-corrected chi connectivity index (χ3v) is 4.87. The van der Waals surface area contributed by atoms with Crippen molar-refractivity contribution in [3.05, 3.63) is 24.3 Å². The summed E-state index contributed by atoms with van der Waals surface area (Å²) in [6, 6.07) is 9.55. The molecule has 0 aliphatic rings. The van der Waals surface area contributed by atoms with Crippen molar-refractivity contribution in [1.29, 1.82) is 0 Å². The van der Waals surface area contributed by atoms with Gasteiger partial charge < -0.3 is 0 Å². The Bertz CT molecular complexity index is 323. The molecule has 0 heterocycles. The Kier molecular flexibility index (Phi) is 4.52. The van der Waals surface area contributed by atoms with E-state index in [2.05, 4.69) is 68.9 Å². The molecule has 0 unspecified atom stereocenters. The number of rotatable bonds is 4. The zero-order valence-electron chi connectivity index (χ0n) is 10.5. The quantitative estimate of drug-likeness (QED) is 0.700. The standard InChI is InChI=1S/C12H19OSi.Li/c1-11(2)10-14(3,4)13-12-8-6-5-7-9-12;/h5-6,8-9,11H,10H2,1-4H3;. The first kappa shape index (κ1) is 12.9. The average molecular weight is 214 g/mol. The molecule has 78 valence electrons. The molecular weight excluding hydrogens is 195 g/mol. The molecule has 0 aromatic heterocycles. The van der Waals surface area contributed by atoms with Crippen LogP contribution in [0.3, 0.4) is 0 Å². The van der Waals surface area contributed by atoms with Crippen LogP contribution in [0.1, 0.15) is 13.8 Å². The predicted octanol–water partition coefficient (Wildman–Crippen LogP) is 2.72. The van der Waals surface area contributed by atoms with E-state index in [1.54, 1.807) is 0 Å². The Morgan fingerprint density at radius 2 is 2.00 bits per heavy atom. The average Bonchev–Trinajstić information content (AvgIpc) is 1.99. The van der Waals surface area contributed by atoms with Gasteiger partial charge in [-0.15, -0.1) is 0 Å². The number of hydrogen-bond acceptors (Lipinski definition) is 1. The molecule has 0 spiro atoms. The summed E-state index contributed by atoms with van der Waals surface area (Å²) >= 11 is 2.10. The molecule has 1 aromatic rings. The van der Waals surface area contributed by atoms with E-state index >= 15 is 0 Å². The summed E-state index contributed by atoms with van der Waals surface area (Å²) in [5.74, 6) is 1.75. The van der Waals surface area contributed by atoms with Crippen molar-refractivity contribution >= 4 is 30.3 Å². The van der Waals surface area contributed by atoms with Gasteiger partial charge in [0.25, 0.3) is 0 Å². The molecule has 0 saturated carbocycles. The van der Waals surface area contributed by atoms with E-state index in [0.29, 0.717) is 0 Å². The van der Waals surface area contributed by atoms with Gasteiger partial charge in [0.1, 0.15) is 0 Å². The van der Waals surface area contributed by atoms with Crippen molar-refractivity contribution < 1.29 is 4.43 Å². The summed E-state index contributed by atoms with van der Waals surface area (Å²) in [6.07, 6.45) is 0. The summed E-state index contributed by atoms with van der Waals surface area (Å²) in [5, 5.41) is 0. The monoisotopic (exact) mass is 214 g/mol. The Labute approximate surface area is 104 Å². The minimum absolute atomic E-state index is 0.719. The van der Waals surface area contributed by atoms with Crippen LogP contribution in [0.15, 0.2) is 24.3 Å². The molecule has 0 bridgehead atoms. The molecule has 3 heteroatoms. The van der Waals surface area contributed by atoms with Crippen LogP contribution in [-0.2, 0) is 0 Å². The third-order valence-electron chi connectivity index (χ3n) is 2.28. The van der Waals surface area contributed by atoms with Gasteiger partial charge >= 0.3 is 104 Å². The molecule has 0 atom stereocenters. The van der Waals surface area contributed by atoms with Crippen LogP contribution in [0.25, 0.3) is 0 Å². The summed E-state index contributed by atoms with van der Waals surface area (Å²) in [6.45, 7) is 9.09. The van der Waals surface area contributed by atoms with E-state index in [0.717, 1.165) is 11.7 Å². The van der Waals surface area contributed by atoms with Gasteiger partial charge in [-0.3, -0.25) is 0 Å². The van der Waals surface area contributed by atoms with Gasteiger partial charge in [-0.05, 0) is 0 Å². The summed E-state index contributed by atoms with van der Waals surface area (Å²) in [4.78, 5) is 0. The van der Waals surface area contributed by atoms with Gasteiger partial charge in [0.2, 0.25) is 0 Å². The number of hydrogen-bond donors (Lipinski definition) is 0. The molecule has 0 aliphatic carbocycles. The zero-order valence-corrected chi connectivity index (χ0v) is 11.5. The predicted molar refractivity (Wildman–Crippen MR) is 69.6 cm³/mol. The Balaban J connectivity index is 2.68. The summed E-state index contributed by atoms with van der Waals surface area (Å²) in [7, 11) is -1.53. The second-order valence-corrected chi connectivity index (χ2v) is 9.41. The fourth-order valence-corrected chi connectivity index (χ4v) is 4.84. The Morgan fingerprint density at radius 1 is 1.33 bits per heavy atom. The molecule has 0 N–H and O–H groups in total. The maximum absolute atomic E-state index is 6.13. The molecule has 1 rings (SSSR count).